The lowest BCUT2D eigenvalue weighted by Gasteiger charge is -2.21. The molecule has 0 radical (unpaired) electrons. The fourth-order valence-corrected chi connectivity index (χ4v) is 1.58. The molecule has 1 aliphatic carbocycles. The minimum absolute atomic E-state index is 0.169. The van der Waals surface area contributed by atoms with E-state index in [4.69, 9.17) is 0 Å². The summed E-state index contributed by atoms with van der Waals surface area (Å²) in [4.78, 5) is 21.7. The first kappa shape index (κ1) is 11.6. The van der Waals surface area contributed by atoms with E-state index in [2.05, 4.69) is 20.3 Å². The van der Waals surface area contributed by atoms with Gasteiger partial charge in [-0.25, -0.2) is 9.59 Å². The van der Waals surface area contributed by atoms with E-state index in [-0.39, 0.29) is 6.04 Å². The predicted molar refractivity (Wildman–Crippen MR) is 52.7 cm³/mol. The Morgan fingerprint density at radius 3 is 2.47 bits per heavy atom. The molecule has 0 saturated heterocycles. The minimum Gasteiger partial charge on any atom is -0.450 e. The van der Waals surface area contributed by atoms with Crippen LogP contribution >= 0.6 is 0 Å². The summed E-state index contributed by atoms with van der Waals surface area (Å²) >= 11 is 0. The van der Waals surface area contributed by atoms with Crippen molar-refractivity contribution in [3.63, 3.8) is 0 Å². The van der Waals surface area contributed by atoms with Gasteiger partial charge < -0.3 is 10.1 Å². The van der Waals surface area contributed by atoms with Gasteiger partial charge in [-0.05, 0) is 12.8 Å². The summed E-state index contributed by atoms with van der Waals surface area (Å²) in [6.07, 6.45) is 4.54. The summed E-state index contributed by atoms with van der Waals surface area (Å²) in [5.41, 5.74) is 0. The molecular formula is C9H15N3O3. The summed E-state index contributed by atoms with van der Waals surface area (Å²) in [6.45, 7) is 0. The third-order valence-electron chi connectivity index (χ3n) is 2.33. The monoisotopic (exact) mass is 213 g/mol. The number of amides is 3. The standard InChI is InChI=1S/C9H15N3O3/c1-15-9(14)12-11-8(13)10-7-5-3-2-4-6-7/h7H,2-6H2,1H3,(H,10,13). The zero-order chi connectivity index (χ0) is 11.1. The lowest BCUT2D eigenvalue weighted by atomic mass is 9.96. The SMILES string of the molecule is COC(=O)N=NC(=O)NC1CCCCC1. The van der Waals surface area contributed by atoms with Gasteiger partial charge in [0.15, 0.2) is 0 Å². The molecule has 0 aliphatic heterocycles. The summed E-state index contributed by atoms with van der Waals surface area (Å²) in [5, 5.41) is 8.94. The molecule has 1 fully saturated rings. The van der Waals surface area contributed by atoms with Gasteiger partial charge in [0.1, 0.15) is 0 Å². The number of carbonyl (C=O) groups excluding carboxylic acids is 2. The topological polar surface area (TPSA) is 80.1 Å². The van der Waals surface area contributed by atoms with Crippen LogP contribution in [0.3, 0.4) is 0 Å². The summed E-state index contributed by atoms with van der Waals surface area (Å²) in [6, 6.07) is -0.407. The van der Waals surface area contributed by atoms with E-state index in [0.717, 1.165) is 25.7 Å². The minimum atomic E-state index is -0.867. The van der Waals surface area contributed by atoms with E-state index in [1.54, 1.807) is 0 Å². The van der Waals surface area contributed by atoms with Crippen LogP contribution in [0.1, 0.15) is 32.1 Å². The molecule has 0 heterocycles. The number of nitrogens with zero attached hydrogens (tertiary/aromatic N) is 2. The van der Waals surface area contributed by atoms with E-state index in [1.807, 2.05) is 0 Å². The van der Waals surface area contributed by atoms with E-state index in [0.29, 0.717) is 0 Å². The van der Waals surface area contributed by atoms with Gasteiger partial charge in [0.05, 0.1) is 7.11 Å². The van der Waals surface area contributed by atoms with E-state index in [9.17, 15) is 9.59 Å². The normalized spacial score (nSPS) is 17.7. The number of rotatable bonds is 1. The van der Waals surface area contributed by atoms with Crippen LogP contribution in [-0.2, 0) is 4.74 Å². The van der Waals surface area contributed by atoms with Gasteiger partial charge in [-0.15, -0.1) is 0 Å². The maximum absolute atomic E-state index is 11.2. The Labute approximate surface area is 88.1 Å². The highest BCUT2D eigenvalue weighted by atomic mass is 16.5. The average Bonchev–Trinajstić information content (AvgIpc) is 2.27. The molecule has 1 N–H and O–H groups in total. The van der Waals surface area contributed by atoms with Crippen LogP contribution in [0.2, 0.25) is 0 Å². The van der Waals surface area contributed by atoms with Crippen LogP contribution in [0.5, 0.6) is 0 Å². The zero-order valence-corrected chi connectivity index (χ0v) is 8.73. The number of ether oxygens (including phenoxy) is 1. The maximum Gasteiger partial charge on any atom is 0.452 e. The summed E-state index contributed by atoms with van der Waals surface area (Å²) in [7, 11) is 1.18. The van der Waals surface area contributed by atoms with Crippen molar-refractivity contribution in [2.45, 2.75) is 38.1 Å². The molecule has 3 amide bonds. The number of urea groups is 1. The van der Waals surface area contributed by atoms with Crippen LogP contribution in [0.25, 0.3) is 0 Å². The Hall–Kier alpha value is -1.46. The smallest absolute Gasteiger partial charge is 0.450 e. The van der Waals surface area contributed by atoms with Gasteiger partial charge >= 0.3 is 12.1 Å². The molecule has 0 aromatic rings. The molecule has 1 aliphatic rings. The molecule has 0 aromatic heterocycles. The van der Waals surface area contributed by atoms with Crippen LogP contribution in [0, 0.1) is 0 Å². The number of nitrogens with one attached hydrogen (secondary N) is 1. The number of methoxy groups -OCH3 is 1. The molecule has 6 nitrogen and oxygen atoms in total. The van der Waals surface area contributed by atoms with Crippen molar-refractivity contribution in [2.24, 2.45) is 10.2 Å². The first-order valence-electron chi connectivity index (χ1n) is 5.02. The molecule has 0 atom stereocenters. The van der Waals surface area contributed by atoms with Crippen LogP contribution in [-0.4, -0.2) is 25.3 Å². The molecule has 1 saturated carbocycles. The van der Waals surface area contributed by atoms with Crippen LogP contribution in [0.4, 0.5) is 9.59 Å². The average molecular weight is 213 g/mol. The van der Waals surface area contributed by atoms with Gasteiger partial charge in [-0.2, -0.15) is 0 Å². The Morgan fingerprint density at radius 2 is 1.87 bits per heavy atom. The summed E-state index contributed by atoms with van der Waals surface area (Å²) < 4.78 is 4.21. The molecule has 0 bridgehead atoms. The number of carbonyl (C=O) groups is 2. The van der Waals surface area contributed by atoms with E-state index in [1.165, 1.54) is 13.5 Å². The summed E-state index contributed by atoms with van der Waals surface area (Å²) in [5.74, 6) is 0. The van der Waals surface area contributed by atoms with Crippen molar-refractivity contribution >= 4 is 12.1 Å². The largest absolute Gasteiger partial charge is 0.452 e. The highest BCUT2D eigenvalue weighted by molar-refractivity contribution is 5.77. The van der Waals surface area contributed by atoms with Gasteiger partial charge in [0.2, 0.25) is 0 Å². The van der Waals surface area contributed by atoms with Crippen molar-refractivity contribution in [3.05, 3.63) is 0 Å². The third kappa shape index (κ3) is 4.53. The number of azo groups is 1. The van der Waals surface area contributed by atoms with Crippen molar-refractivity contribution < 1.29 is 14.3 Å². The first-order chi connectivity index (χ1) is 7.22. The molecule has 1 rings (SSSR count). The second-order valence-electron chi connectivity index (χ2n) is 3.45. The van der Waals surface area contributed by atoms with Crippen molar-refractivity contribution in [1.82, 2.24) is 5.32 Å². The number of hydrogen-bond acceptors (Lipinski definition) is 3. The quantitative estimate of drug-likeness (QED) is 0.678. The van der Waals surface area contributed by atoms with Gasteiger partial charge in [0, 0.05) is 6.04 Å². The fraction of sp³-hybridized carbons (Fsp3) is 0.778. The van der Waals surface area contributed by atoms with E-state index >= 15 is 0 Å². The Kier molecular flexibility index (Phi) is 4.73. The zero-order valence-electron chi connectivity index (χ0n) is 8.73. The Morgan fingerprint density at radius 1 is 1.20 bits per heavy atom. The van der Waals surface area contributed by atoms with Crippen molar-refractivity contribution in [2.75, 3.05) is 7.11 Å². The first-order valence-corrected chi connectivity index (χ1v) is 5.02. The predicted octanol–water partition coefficient (Wildman–Crippen LogP) is 2.25. The molecule has 0 aromatic carbocycles. The Balaban J connectivity index is 2.28. The Bertz CT molecular complexity index is 259. The van der Waals surface area contributed by atoms with Gasteiger partial charge in [0.25, 0.3) is 0 Å². The second-order valence-corrected chi connectivity index (χ2v) is 3.45. The highest BCUT2D eigenvalue weighted by Crippen LogP contribution is 2.17. The third-order valence-corrected chi connectivity index (χ3v) is 2.33. The fourth-order valence-electron chi connectivity index (χ4n) is 1.58. The molecule has 6 heteroatoms. The molecule has 15 heavy (non-hydrogen) atoms. The molecular weight excluding hydrogens is 198 g/mol. The van der Waals surface area contributed by atoms with Crippen LogP contribution < -0.4 is 5.32 Å². The van der Waals surface area contributed by atoms with Gasteiger partial charge in [-0.3, -0.25) is 0 Å². The van der Waals surface area contributed by atoms with Crippen LogP contribution in [0.15, 0.2) is 10.2 Å². The van der Waals surface area contributed by atoms with Crippen molar-refractivity contribution in [3.8, 4) is 0 Å². The molecule has 0 unspecified atom stereocenters. The van der Waals surface area contributed by atoms with Gasteiger partial charge in [-0.1, -0.05) is 29.5 Å². The lowest BCUT2D eigenvalue weighted by molar-refractivity contribution is 0.180. The molecule has 0 spiro atoms. The lowest BCUT2D eigenvalue weighted by Crippen LogP contribution is -2.34. The maximum atomic E-state index is 11.2. The van der Waals surface area contributed by atoms with E-state index < -0.39 is 12.1 Å². The highest BCUT2D eigenvalue weighted by Gasteiger charge is 2.15. The molecule has 84 valence electrons. The van der Waals surface area contributed by atoms with Crippen molar-refractivity contribution in [1.29, 1.82) is 0 Å². The second kappa shape index (κ2) is 6.10. The number of hydrogen-bond donors (Lipinski definition) is 1.